The maximum Gasteiger partial charge on any atom is 0.0930 e. The number of hydrogen-bond acceptors (Lipinski definition) is 4. The maximum atomic E-state index is 4.91. The Balaban J connectivity index is 2.58. The van der Waals surface area contributed by atoms with Crippen molar-refractivity contribution >= 4 is 0 Å². The van der Waals surface area contributed by atoms with E-state index >= 15 is 0 Å². The fourth-order valence-electron chi connectivity index (χ4n) is 0.924. The van der Waals surface area contributed by atoms with Gasteiger partial charge in [0.1, 0.15) is 0 Å². The minimum absolute atomic E-state index is 0.420. The zero-order chi connectivity index (χ0) is 8.81. The van der Waals surface area contributed by atoms with E-state index in [1.807, 2.05) is 24.3 Å². The molecule has 4 heteroatoms. The SMILES string of the molecule is NOCc1ccc(CON)cc1. The van der Waals surface area contributed by atoms with Gasteiger partial charge in [0.15, 0.2) is 0 Å². The van der Waals surface area contributed by atoms with Crippen LogP contribution >= 0.6 is 0 Å². The second-order valence-electron chi connectivity index (χ2n) is 2.44. The van der Waals surface area contributed by atoms with Crippen LogP contribution in [0.5, 0.6) is 0 Å². The van der Waals surface area contributed by atoms with Crippen LogP contribution in [0.3, 0.4) is 0 Å². The van der Waals surface area contributed by atoms with Gasteiger partial charge in [0, 0.05) is 0 Å². The molecular formula is C8H12N2O2. The van der Waals surface area contributed by atoms with E-state index in [-0.39, 0.29) is 0 Å². The highest BCUT2D eigenvalue weighted by atomic mass is 16.6. The summed E-state index contributed by atoms with van der Waals surface area (Å²) in [4.78, 5) is 8.94. The highest BCUT2D eigenvalue weighted by Crippen LogP contribution is 2.05. The molecule has 0 fully saturated rings. The molecule has 12 heavy (non-hydrogen) atoms. The summed E-state index contributed by atoms with van der Waals surface area (Å²) in [6.07, 6.45) is 0. The zero-order valence-corrected chi connectivity index (χ0v) is 6.69. The Morgan fingerprint density at radius 3 is 1.42 bits per heavy atom. The van der Waals surface area contributed by atoms with Gasteiger partial charge in [-0.1, -0.05) is 24.3 Å². The maximum absolute atomic E-state index is 4.91. The summed E-state index contributed by atoms with van der Waals surface area (Å²) in [5, 5.41) is 0. The Bertz CT molecular complexity index is 198. The summed E-state index contributed by atoms with van der Waals surface area (Å²) in [7, 11) is 0. The van der Waals surface area contributed by atoms with Crippen LogP contribution in [0.1, 0.15) is 11.1 Å². The van der Waals surface area contributed by atoms with E-state index in [1.54, 1.807) is 0 Å². The Hall–Kier alpha value is -0.940. The fraction of sp³-hybridized carbons (Fsp3) is 0.250. The second-order valence-corrected chi connectivity index (χ2v) is 2.44. The van der Waals surface area contributed by atoms with E-state index in [4.69, 9.17) is 11.8 Å². The molecule has 0 aromatic heterocycles. The molecule has 4 N–H and O–H groups in total. The van der Waals surface area contributed by atoms with Crippen LogP contribution in [-0.2, 0) is 22.9 Å². The molecule has 1 aromatic carbocycles. The van der Waals surface area contributed by atoms with Gasteiger partial charge in [-0.2, -0.15) is 0 Å². The number of nitrogens with two attached hydrogens (primary N) is 2. The van der Waals surface area contributed by atoms with Gasteiger partial charge in [-0.15, -0.1) is 0 Å². The lowest BCUT2D eigenvalue weighted by Crippen LogP contribution is -2.00. The molecular weight excluding hydrogens is 156 g/mol. The number of rotatable bonds is 4. The number of benzene rings is 1. The molecule has 0 radical (unpaired) electrons. The molecule has 0 atom stereocenters. The Morgan fingerprint density at radius 1 is 0.833 bits per heavy atom. The lowest BCUT2D eigenvalue weighted by molar-refractivity contribution is 0.122. The van der Waals surface area contributed by atoms with Crippen LogP contribution in [0.2, 0.25) is 0 Å². The molecule has 0 aliphatic carbocycles. The van der Waals surface area contributed by atoms with Gasteiger partial charge in [0.25, 0.3) is 0 Å². The first-order valence-corrected chi connectivity index (χ1v) is 3.58. The van der Waals surface area contributed by atoms with Crippen molar-refractivity contribution in [3.63, 3.8) is 0 Å². The predicted octanol–water partition coefficient (Wildman–Crippen LogP) is 0.467. The molecule has 0 heterocycles. The second kappa shape index (κ2) is 4.84. The topological polar surface area (TPSA) is 70.5 Å². The summed E-state index contributed by atoms with van der Waals surface area (Å²) in [6, 6.07) is 7.67. The van der Waals surface area contributed by atoms with Crippen molar-refractivity contribution in [1.29, 1.82) is 0 Å². The molecule has 0 saturated carbocycles. The molecule has 0 aliphatic heterocycles. The van der Waals surface area contributed by atoms with Crippen molar-refractivity contribution in [2.45, 2.75) is 13.2 Å². The van der Waals surface area contributed by atoms with Gasteiger partial charge in [0.2, 0.25) is 0 Å². The summed E-state index contributed by atoms with van der Waals surface area (Å²) >= 11 is 0. The van der Waals surface area contributed by atoms with Crippen molar-refractivity contribution in [2.75, 3.05) is 0 Å². The Morgan fingerprint density at radius 2 is 1.17 bits per heavy atom. The van der Waals surface area contributed by atoms with Crippen molar-refractivity contribution in [3.8, 4) is 0 Å². The Kier molecular flexibility index (Phi) is 3.69. The van der Waals surface area contributed by atoms with E-state index in [0.29, 0.717) is 13.2 Å². The third kappa shape index (κ3) is 2.60. The van der Waals surface area contributed by atoms with Crippen molar-refractivity contribution in [2.24, 2.45) is 11.8 Å². The quantitative estimate of drug-likeness (QED) is 0.641. The van der Waals surface area contributed by atoms with E-state index in [2.05, 4.69) is 9.68 Å². The van der Waals surface area contributed by atoms with Crippen LogP contribution in [-0.4, -0.2) is 0 Å². The van der Waals surface area contributed by atoms with Crippen LogP contribution in [0.15, 0.2) is 24.3 Å². The van der Waals surface area contributed by atoms with E-state index < -0.39 is 0 Å². The van der Waals surface area contributed by atoms with E-state index in [9.17, 15) is 0 Å². The summed E-state index contributed by atoms with van der Waals surface area (Å²) in [5.41, 5.74) is 2.05. The highest BCUT2D eigenvalue weighted by molar-refractivity contribution is 5.21. The van der Waals surface area contributed by atoms with Crippen molar-refractivity contribution in [3.05, 3.63) is 35.4 Å². The lowest BCUT2D eigenvalue weighted by Gasteiger charge is -2.01. The molecule has 0 unspecified atom stereocenters. The molecule has 0 spiro atoms. The van der Waals surface area contributed by atoms with Gasteiger partial charge in [-0.05, 0) is 11.1 Å². The fourth-order valence-corrected chi connectivity index (χ4v) is 0.924. The molecule has 0 saturated heterocycles. The molecule has 1 rings (SSSR count). The minimum Gasteiger partial charge on any atom is -0.300 e. The molecule has 0 amide bonds. The van der Waals surface area contributed by atoms with Gasteiger partial charge in [-0.25, -0.2) is 11.8 Å². The molecule has 1 aromatic rings. The van der Waals surface area contributed by atoms with Crippen molar-refractivity contribution in [1.82, 2.24) is 0 Å². The molecule has 0 aliphatic rings. The van der Waals surface area contributed by atoms with Gasteiger partial charge >= 0.3 is 0 Å². The minimum atomic E-state index is 0.420. The monoisotopic (exact) mass is 168 g/mol. The first kappa shape index (κ1) is 9.15. The van der Waals surface area contributed by atoms with Crippen molar-refractivity contribution < 1.29 is 9.68 Å². The normalized spacial score (nSPS) is 10.2. The molecule has 0 bridgehead atoms. The molecule has 66 valence electrons. The first-order valence-electron chi connectivity index (χ1n) is 3.58. The van der Waals surface area contributed by atoms with E-state index in [1.165, 1.54) is 0 Å². The largest absolute Gasteiger partial charge is 0.300 e. The number of hydrogen-bond donors (Lipinski definition) is 2. The zero-order valence-electron chi connectivity index (χ0n) is 6.69. The Labute approximate surface area is 71.0 Å². The summed E-state index contributed by atoms with van der Waals surface area (Å²) in [5.74, 6) is 9.83. The first-order chi connectivity index (χ1) is 5.86. The van der Waals surface area contributed by atoms with Crippen LogP contribution in [0.4, 0.5) is 0 Å². The van der Waals surface area contributed by atoms with Gasteiger partial charge < -0.3 is 0 Å². The average Bonchev–Trinajstić information content (AvgIpc) is 2.09. The third-order valence-electron chi connectivity index (χ3n) is 1.52. The van der Waals surface area contributed by atoms with Gasteiger partial charge in [-0.3, -0.25) is 9.68 Å². The van der Waals surface area contributed by atoms with Crippen LogP contribution in [0, 0.1) is 0 Å². The lowest BCUT2D eigenvalue weighted by atomic mass is 10.1. The van der Waals surface area contributed by atoms with Crippen LogP contribution in [0.25, 0.3) is 0 Å². The standard InChI is InChI=1S/C8H12N2O2/c9-11-5-7-1-2-8(4-3-7)6-12-10/h1-4H,5-6,9-10H2. The summed E-state index contributed by atoms with van der Waals surface area (Å²) in [6.45, 7) is 0.841. The van der Waals surface area contributed by atoms with Crippen LogP contribution < -0.4 is 11.8 Å². The predicted molar refractivity (Wildman–Crippen MR) is 44.4 cm³/mol. The average molecular weight is 168 g/mol. The summed E-state index contributed by atoms with van der Waals surface area (Å²) < 4.78 is 0. The van der Waals surface area contributed by atoms with E-state index in [0.717, 1.165) is 11.1 Å². The van der Waals surface area contributed by atoms with Gasteiger partial charge in [0.05, 0.1) is 13.2 Å². The highest BCUT2D eigenvalue weighted by Gasteiger charge is 1.93. The smallest absolute Gasteiger partial charge is 0.0930 e. The molecule has 4 nitrogen and oxygen atoms in total. The third-order valence-corrected chi connectivity index (χ3v) is 1.52.